The molecule has 1 aromatic heterocycles. The Balaban J connectivity index is 1.44. The second kappa shape index (κ2) is 10.7. The quantitative estimate of drug-likeness (QED) is 0.341. The molecule has 1 amide bonds. The fraction of sp³-hybridized carbons (Fsp3) is 0.143. The summed E-state index contributed by atoms with van der Waals surface area (Å²) >= 11 is 5.18. The normalized spacial score (nSPS) is 10.0. The van der Waals surface area contributed by atoms with Gasteiger partial charge in [-0.2, -0.15) is 0 Å². The second-order valence-electron chi connectivity index (χ2n) is 6.27. The number of thiocarbonyl (C=S) groups is 1. The van der Waals surface area contributed by atoms with Gasteiger partial charge in [0.15, 0.2) is 5.11 Å². The van der Waals surface area contributed by atoms with Crippen LogP contribution in [0.25, 0.3) is 0 Å². The molecule has 1 heterocycles. The van der Waals surface area contributed by atoms with Crippen LogP contribution >= 0.6 is 12.2 Å². The van der Waals surface area contributed by atoms with Crippen LogP contribution in [-0.4, -0.2) is 28.1 Å². The summed E-state index contributed by atoms with van der Waals surface area (Å²) in [5.41, 5.74) is 7.72. The molecule has 30 heavy (non-hydrogen) atoms. The number of carbonyl (C=O) groups excluding carboxylic acids is 1. The lowest BCUT2D eigenvalue weighted by Gasteiger charge is -2.12. The van der Waals surface area contributed by atoms with Crippen molar-refractivity contribution in [2.45, 2.75) is 13.0 Å². The maximum Gasteiger partial charge on any atom is 0.244 e. The summed E-state index contributed by atoms with van der Waals surface area (Å²) in [6.07, 6.45) is 1.51. The van der Waals surface area contributed by atoms with Gasteiger partial charge in [-0.3, -0.25) is 15.6 Å². The number of benzene rings is 2. The number of nitrogens with zero attached hydrogens (tertiary/aromatic N) is 2. The summed E-state index contributed by atoms with van der Waals surface area (Å²) in [6.45, 7) is 0.635. The van der Waals surface area contributed by atoms with E-state index in [9.17, 15) is 4.79 Å². The number of hydrogen-bond donors (Lipinski definition) is 4. The Hall–Kier alpha value is -3.72. The van der Waals surface area contributed by atoms with E-state index in [0.29, 0.717) is 18.1 Å². The lowest BCUT2D eigenvalue weighted by molar-refractivity contribution is -0.121. The molecule has 0 radical (unpaired) electrons. The number of anilines is 2. The van der Waals surface area contributed by atoms with Gasteiger partial charge in [0.25, 0.3) is 0 Å². The molecule has 3 rings (SSSR count). The van der Waals surface area contributed by atoms with Gasteiger partial charge in [-0.25, -0.2) is 9.97 Å². The molecule has 0 spiro atoms. The van der Waals surface area contributed by atoms with Crippen molar-refractivity contribution in [2.75, 3.05) is 17.7 Å². The molecule has 0 aliphatic carbocycles. The van der Waals surface area contributed by atoms with Crippen molar-refractivity contribution in [3.05, 3.63) is 78.2 Å². The van der Waals surface area contributed by atoms with Crippen LogP contribution in [0, 0.1) is 0 Å². The first-order valence-electron chi connectivity index (χ1n) is 9.21. The Bertz CT molecular complexity index is 982. The third kappa shape index (κ3) is 6.71. The molecule has 9 heteroatoms. The van der Waals surface area contributed by atoms with E-state index in [1.807, 2.05) is 54.6 Å². The largest absolute Gasteiger partial charge is 0.497 e. The van der Waals surface area contributed by atoms with Crippen molar-refractivity contribution >= 4 is 34.7 Å². The highest BCUT2D eigenvalue weighted by molar-refractivity contribution is 7.80. The molecule has 8 nitrogen and oxygen atoms in total. The molecular formula is C21H22N6O2S. The van der Waals surface area contributed by atoms with Crippen LogP contribution in [0.5, 0.6) is 5.75 Å². The highest BCUT2D eigenvalue weighted by atomic mass is 32.1. The van der Waals surface area contributed by atoms with Crippen LogP contribution in [0.2, 0.25) is 0 Å². The maximum absolute atomic E-state index is 12.2. The van der Waals surface area contributed by atoms with Gasteiger partial charge in [0.05, 0.1) is 19.2 Å². The molecule has 0 saturated carbocycles. The zero-order valence-electron chi connectivity index (χ0n) is 16.4. The average Bonchev–Trinajstić information content (AvgIpc) is 2.78. The first-order chi connectivity index (χ1) is 14.6. The number of nitrogens with one attached hydrogen (secondary N) is 4. The summed E-state index contributed by atoms with van der Waals surface area (Å²) in [5, 5.41) is 6.46. The minimum absolute atomic E-state index is 0.0840. The van der Waals surface area contributed by atoms with Crippen LogP contribution in [0.1, 0.15) is 11.3 Å². The number of hydrogen-bond acceptors (Lipinski definition) is 6. The van der Waals surface area contributed by atoms with E-state index in [2.05, 4.69) is 31.5 Å². The number of aromatic nitrogens is 2. The molecule has 0 saturated heterocycles. The van der Waals surface area contributed by atoms with E-state index in [1.54, 1.807) is 13.2 Å². The zero-order chi connectivity index (χ0) is 21.2. The monoisotopic (exact) mass is 422 g/mol. The minimum Gasteiger partial charge on any atom is -0.497 e. The van der Waals surface area contributed by atoms with Crippen LogP contribution in [0.3, 0.4) is 0 Å². The first-order valence-corrected chi connectivity index (χ1v) is 9.62. The average molecular weight is 423 g/mol. The van der Waals surface area contributed by atoms with Crippen molar-refractivity contribution in [3.8, 4) is 5.75 Å². The molecule has 0 aliphatic heterocycles. The van der Waals surface area contributed by atoms with Gasteiger partial charge in [0.2, 0.25) is 5.91 Å². The van der Waals surface area contributed by atoms with Gasteiger partial charge in [-0.05, 0) is 42.0 Å². The van der Waals surface area contributed by atoms with Gasteiger partial charge in [-0.1, -0.05) is 30.3 Å². The number of carbonyl (C=O) groups is 1. The fourth-order valence-corrected chi connectivity index (χ4v) is 2.72. The van der Waals surface area contributed by atoms with E-state index in [1.165, 1.54) is 6.33 Å². The number of rotatable bonds is 7. The predicted octanol–water partition coefficient (Wildman–Crippen LogP) is 2.66. The van der Waals surface area contributed by atoms with Crippen LogP contribution in [0.4, 0.5) is 11.5 Å². The first kappa shape index (κ1) is 21.0. The minimum atomic E-state index is -0.276. The third-order valence-electron chi connectivity index (χ3n) is 4.05. The molecule has 0 bridgehead atoms. The van der Waals surface area contributed by atoms with Crippen LogP contribution in [-0.2, 0) is 17.8 Å². The zero-order valence-corrected chi connectivity index (χ0v) is 17.2. The van der Waals surface area contributed by atoms with E-state index in [0.717, 1.165) is 17.0 Å². The third-order valence-corrected chi connectivity index (χ3v) is 4.25. The molecule has 0 atom stereocenters. The molecule has 0 fully saturated rings. The Morgan fingerprint density at radius 1 is 1.03 bits per heavy atom. The van der Waals surface area contributed by atoms with Crippen molar-refractivity contribution in [1.29, 1.82) is 0 Å². The summed E-state index contributed by atoms with van der Waals surface area (Å²) in [6, 6.07) is 19.0. The summed E-state index contributed by atoms with van der Waals surface area (Å²) in [5.74, 6) is 1.12. The standard InChI is InChI=1S/C21H22N6O2S/c1-29-18-9-7-16(8-10-18)25-21(30)27-26-20(28)12-17-11-19(24-14-23-17)22-13-15-5-3-2-4-6-15/h2-11,14H,12-13H2,1H3,(H,26,28)(H,22,23,24)(H2,25,27,30). The van der Waals surface area contributed by atoms with Crippen molar-refractivity contribution in [3.63, 3.8) is 0 Å². The molecule has 2 aromatic carbocycles. The summed E-state index contributed by atoms with van der Waals surface area (Å²) < 4.78 is 5.11. The summed E-state index contributed by atoms with van der Waals surface area (Å²) in [4.78, 5) is 20.5. The molecule has 154 valence electrons. The topological polar surface area (TPSA) is 100 Å². The van der Waals surface area contributed by atoms with Crippen LogP contribution < -0.4 is 26.2 Å². The lowest BCUT2D eigenvalue weighted by Crippen LogP contribution is -2.44. The van der Waals surface area contributed by atoms with Gasteiger partial charge < -0.3 is 15.4 Å². The Kier molecular flexibility index (Phi) is 7.51. The molecular weight excluding hydrogens is 400 g/mol. The highest BCUT2D eigenvalue weighted by Crippen LogP contribution is 2.14. The fourth-order valence-electron chi connectivity index (χ4n) is 2.55. The van der Waals surface area contributed by atoms with E-state index in [4.69, 9.17) is 17.0 Å². The van der Waals surface area contributed by atoms with E-state index < -0.39 is 0 Å². The molecule has 0 aliphatic rings. The van der Waals surface area contributed by atoms with Crippen molar-refractivity contribution < 1.29 is 9.53 Å². The Morgan fingerprint density at radius 2 is 1.80 bits per heavy atom. The Labute approximate surface area is 180 Å². The number of hydrazine groups is 1. The molecule has 4 N–H and O–H groups in total. The molecule has 3 aromatic rings. The van der Waals surface area contributed by atoms with Crippen LogP contribution in [0.15, 0.2) is 67.0 Å². The smallest absolute Gasteiger partial charge is 0.244 e. The second-order valence-corrected chi connectivity index (χ2v) is 6.67. The number of amides is 1. The van der Waals surface area contributed by atoms with E-state index >= 15 is 0 Å². The van der Waals surface area contributed by atoms with Gasteiger partial charge in [0, 0.05) is 18.3 Å². The SMILES string of the molecule is COc1ccc(NC(=S)NNC(=O)Cc2cc(NCc3ccccc3)ncn2)cc1. The van der Waals surface area contributed by atoms with Crippen molar-refractivity contribution in [1.82, 2.24) is 20.8 Å². The maximum atomic E-state index is 12.2. The Morgan fingerprint density at radius 3 is 2.53 bits per heavy atom. The van der Waals surface area contributed by atoms with Crippen molar-refractivity contribution in [2.24, 2.45) is 0 Å². The summed E-state index contributed by atoms with van der Waals surface area (Å²) in [7, 11) is 1.60. The highest BCUT2D eigenvalue weighted by Gasteiger charge is 2.07. The number of methoxy groups -OCH3 is 1. The van der Waals surface area contributed by atoms with E-state index in [-0.39, 0.29) is 17.4 Å². The van der Waals surface area contributed by atoms with Gasteiger partial charge in [-0.15, -0.1) is 0 Å². The molecule has 0 unspecified atom stereocenters. The van der Waals surface area contributed by atoms with Gasteiger partial charge >= 0.3 is 0 Å². The lowest BCUT2D eigenvalue weighted by atomic mass is 10.2. The number of ether oxygens (including phenoxy) is 1. The van der Waals surface area contributed by atoms with Gasteiger partial charge in [0.1, 0.15) is 17.9 Å². The predicted molar refractivity (Wildman–Crippen MR) is 120 cm³/mol.